The molecule has 0 aliphatic heterocycles. The van der Waals surface area contributed by atoms with Gasteiger partial charge in [0.15, 0.2) is 0 Å². The molecule has 2 heteroatoms. The zero-order valence-electron chi connectivity index (χ0n) is 23.3. The maximum atomic E-state index is 6.00. The van der Waals surface area contributed by atoms with Crippen LogP contribution in [-0.4, -0.2) is 38.3 Å². The molecule has 0 bridgehead atoms. The third-order valence-electron chi connectivity index (χ3n) is 6.67. The zero-order chi connectivity index (χ0) is 24.2. The summed E-state index contributed by atoms with van der Waals surface area (Å²) >= 11 is 0. The predicted octanol–water partition coefficient (Wildman–Crippen LogP) is 9.89. The summed E-state index contributed by atoms with van der Waals surface area (Å²) in [5.74, 6) is 0. The van der Waals surface area contributed by atoms with E-state index >= 15 is 0 Å². The summed E-state index contributed by atoms with van der Waals surface area (Å²) in [6.07, 6.45) is 36.1. The van der Waals surface area contributed by atoms with Gasteiger partial charge in [0.25, 0.3) is 0 Å². The number of allylic oxidation sites excluding steroid dienone is 4. The number of hydrogen-bond donors (Lipinski definition) is 0. The lowest BCUT2D eigenvalue weighted by atomic mass is 10.0. The van der Waals surface area contributed by atoms with E-state index in [0.29, 0.717) is 6.04 Å². The van der Waals surface area contributed by atoms with Crippen molar-refractivity contribution in [3.63, 3.8) is 0 Å². The Hall–Kier alpha value is -0.600. The van der Waals surface area contributed by atoms with Gasteiger partial charge in [-0.1, -0.05) is 122 Å². The standard InChI is InChI=1S/C31H61NO/c1-5-7-9-11-13-14-15-16-17-18-19-20-21-22-23-24-26-28-31(32(3)4)30-33-29-27-25-12-10-8-6-2/h13-14,16-17,31H,5-12,15,18-30H2,1-4H3/b14-13-,17-16-/t31-/m0/s1. The van der Waals surface area contributed by atoms with Crippen LogP contribution in [0.25, 0.3) is 0 Å². The fourth-order valence-electron chi connectivity index (χ4n) is 4.24. The highest BCUT2D eigenvalue weighted by atomic mass is 16.5. The molecular weight excluding hydrogens is 402 g/mol. The van der Waals surface area contributed by atoms with Crippen LogP contribution in [0.1, 0.15) is 142 Å². The number of rotatable bonds is 26. The first-order chi connectivity index (χ1) is 16.2. The second-order valence-corrected chi connectivity index (χ2v) is 10.2. The quantitative estimate of drug-likeness (QED) is 0.0934. The molecule has 196 valence electrons. The smallest absolute Gasteiger partial charge is 0.0621 e. The van der Waals surface area contributed by atoms with Gasteiger partial charge in [-0.2, -0.15) is 0 Å². The van der Waals surface area contributed by atoms with Crippen LogP contribution in [0.2, 0.25) is 0 Å². The Bertz CT molecular complexity index is 415. The number of nitrogens with zero attached hydrogens (tertiary/aromatic N) is 1. The Morgan fingerprint density at radius 3 is 1.67 bits per heavy atom. The van der Waals surface area contributed by atoms with Gasteiger partial charge in [-0.3, -0.25) is 0 Å². The molecule has 0 rings (SSSR count). The first-order valence-corrected chi connectivity index (χ1v) is 14.8. The van der Waals surface area contributed by atoms with Crippen molar-refractivity contribution in [1.29, 1.82) is 0 Å². The highest BCUT2D eigenvalue weighted by Gasteiger charge is 2.11. The maximum absolute atomic E-state index is 6.00. The van der Waals surface area contributed by atoms with E-state index in [9.17, 15) is 0 Å². The molecule has 0 aromatic rings. The molecule has 0 aliphatic carbocycles. The van der Waals surface area contributed by atoms with Crippen LogP contribution < -0.4 is 0 Å². The Kier molecular flexibility index (Phi) is 27.1. The van der Waals surface area contributed by atoms with Gasteiger partial charge in [-0.25, -0.2) is 0 Å². The van der Waals surface area contributed by atoms with Gasteiger partial charge in [0, 0.05) is 12.6 Å². The molecule has 33 heavy (non-hydrogen) atoms. The van der Waals surface area contributed by atoms with Crippen molar-refractivity contribution in [2.24, 2.45) is 0 Å². The van der Waals surface area contributed by atoms with E-state index in [4.69, 9.17) is 4.74 Å². The monoisotopic (exact) mass is 463 g/mol. The molecule has 0 fully saturated rings. The van der Waals surface area contributed by atoms with Gasteiger partial charge < -0.3 is 9.64 Å². The van der Waals surface area contributed by atoms with E-state index in [-0.39, 0.29) is 0 Å². The van der Waals surface area contributed by atoms with E-state index in [1.165, 1.54) is 122 Å². The molecule has 0 aromatic carbocycles. The minimum Gasteiger partial charge on any atom is -0.380 e. The van der Waals surface area contributed by atoms with Crippen LogP contribution in [0, 0.1) is 0 Å². The minimum absolute atomic E-state index is 0.586. The van der Waals surface area contributed by atoms with Gasteiger partial charge in [0.1, 0.15) is 0 Å². The average Bonchev–Trinajstić information content (AvgIpc) is 2.81. The molecule has 0 aromatic heterocycles. The van der Waals surface area contributed by atoms with Crippen LogP contribution >= 0.6 is 0 Å². The van der Waals surface area contributed by atoms with Crippen molar-refractivity contribution in [3.8, 4) is 0 Å². The zero-order valence-corrected chi connectivity index (χ0v) is 23.3. The van der Waals surface area contributed by atoms with Gasteiger partial charge in [0.05, 0.1) is 6.61 Å². The van der Waals surface area contributed by atoms with Crippen LogP contribution in [0.4, 0.5) is 0 Å². The van der Waals surface area contributed by atoms with E-state index in [1.807, 2.05) is 0 Å². The third kappa shape index (κ3) is 25.9. The van der Waals surface area contributed by atoms with E-state index in [0.717, 1.165) is 19.6 Å². The lowest BCUT2D eigenvalue weighted by Crippen LogP contribution is -2.32. The molecule has 2 nitrogen and oxygen atoms in total. The molecule has 0 radical (unpaired) electrons. The van der Waals surface area contributed by atoms with Gasteiger partial charge >= 0.3 is 0 Å². The average molecular weight is 464 g/mol. The molecule has 0 saturated heterocycles. The first kappa shape index (κ1) is 32.4. The summed E-state index contributed by atoms with van der Waals surface area (Å²) < 4.78 is 6.00. The van der Waals surface area contributed by atoms with E-state index in [2.05, 4.69) is 57.1 Å². The van der Waals surface area contributed by atoms with Crippen molar-refractivity contribution < 1.29 is 4.74 Å². The third-order valence-corrected chi connectivity index (χ3v) is 6.67. The molecule has 0 N–H and O–H groups in total. The second-order valence-electron chi connectivity index (χ2n) is 10.2. The summed E-state index contributed by atoms with van der Waals surface area (Å²) in [6, 6.07) is 0.586. The minimum atomic E-state index is 0.586. The van der Waals surface area contributed by atoms with Crippen molar-refractivity contribution >= 4 is 0 Å². The van der Waals surface area contributed by atoms with Crippen LogP contribution in [0.5, 0.6) is 0 Å². The Balaban J connectivity index is 3.46. The normalized spacial score (nSPS) is 13.1. The summed E-state index contributed by atoms with van der Waals surface area (Å²) in [7, 11) is 4.41. The van der Waals surface area contributed by atoms with Crippen LogP contribution in [-0.2, 0) is 4.74 Å². The van der Waals surface area contributed by atoms with Crippen molar-refractivity contribution in [1.82, 2.24) is 4.90 Å². The van der Waals surface area contributed by atoms with E-state index in [1.54, 1.807) is 0 Å². The first-order valence-electron chi connectivity index (χ1n) is 14.8. The van der Waals surface area contributed by atoms with Gasteiger partial charge in [0.2, 0.25) is 0 Å². The highest BCUT2D eigenvalue weighted by Crippen LogP contribution is 2.13. The van der Waals surface area contributed by atoms with Crippen LogP contribution in [0.15, 0.2) is 24.3 Å². The topological polar surface area (TPSA) is 12.5 Å². The van der Waals surface area contributed by atoms with E-state index < -0.39 is 0 Å². The second kappa shape index (κ2) is 27.6. The summed E-state index contributed by atoms with van der Waals surface area (Å²) in [6.45, 7) is 6.40. The highest BCUT2D eigenvalue weighted by molar-refractivity contribution is 4.92. The fourth-order valence-corrected chi connectivity index (χ4v) is 4.24. The number of ether oxygens (including phenoxy) is 1. The lowest BCUT2D eigenvalue weighted by molar-refractivity contribution is 0.0721. The summed E-state index contributed by atoms with van der Waals surface area (Å²) in [5.41, 5.74) is 0. The number of hydrogen-bond acceptors (Lipinski definition) is 2. The van der Waals surface area contributed by atoms with Crippen LogP contribution in [0.3, 0.4) is 0 Å². The Morgan fingerprint density at radius 2 is 1.06 bits per heavy atom. The lowest BCUT2D eigenvalue weighted by Gasteiger charge is -2.24. The molecule has 0 unspecified atom stereocenters. The van der Waals surface area contributed by atoms with Crippen molar-refractivity contribution in [3.05, 3.63) is 24.3 Å². The van der Waals surface area contributed by atoms with Crippen molar-refractivity contribution in [2.75, 3.05) is 27.3 Å². The van der Waals surface area contributed by atoms with Gasteiger partial charge in [-0.05, 0) is 59.0 Å². The summed E-state index contributed by atoms with van der Waals surface area (Å²) in [5, 5.41) is 0. The Morgan fingerprint density at radius 1 is 0.576 bits per heavy atom. The summed E-state index contributed by atoms with van der Waals surface area (Å²) in [4.78, 5) is 2.36. The fraction of sp³-hybridized carbons (Fsp3) is 0.871. The molecule has 0 saturated carbocycles. The number of likely N-dealkylation sites (N-methyl/N-ethyl adjacent to an activating group) is 1. The Labute approximate surface area is 209 Å². The SMILES string of the molecule is CCCCC/C=C\C/C=C\CCCCCCCCC[C@@H](COCCCCCCCC)N(C)C. The van der Waals surface area contributed by atoms with Gasteiger partial charge in [-0.15, -0.1) is 0 Å². The maximum Gasteiger partial charge on any atom is 0.0621 e. The molecule has 0 heterocycles. The van der Waals surface area contributed by atoms with Crippen molar-refractivity contribution in [2.45, 2.75) is 148 Å². The molecule has 1 atom stereocenters. The molecule has 0 amide bonds. The molecular formula is C31H61NO. The largest absolute Gasteiger partial charge is 0.380 e. The predicted molar refractivity (Wildman–Crippen MR) is 150 cm³/mol. The number of unbranched alkanes of at least 4 members (excludes halogenated alkanes) is 15. The molecule has 0 aliphatic rings. The molecule has 0 spiro atoms.